The molecule has 0 unspecified atom stereocenters. The van der Waals surface area contributed by atoms with E-state index in [1.807, 2.05) is 43.0 Å². The number of rotatable bonds is 4. The summed E-state index contributed by atoms with van der Waals surface area (Å²) in [5.41, 5.74) is 2.37. The molecule has 32 heavy (non-hydrogen) atoms. The molecule has 6 nitrogen and oxygen atoms in total. The first-order valence-corrected chi connectivity index (χ1v) is 11.3. The number of hydrogen-bond acceptors (Lipinski definition) is 5. The van der Waals surface area contributed by atoms with Gasteiger partial charge in [0.05, 0.1) is 26.4 Å². The third-order valence-corrected chi connectivity index (χ3v) is 6.39. The summed E-state index contributed by atoms with van der Waals surface area (Å²) in [6.07, 6.45) is 1.47. The normalized spacial score (nSPS) is 20.0. The molecule has 4 rings (SSSR count). The Morgan fingerprint density at radius 3 is 2.62 bits per heavy atom. The van der Waals surface area contributed by atoms with Crippen molar-refractivity contribution >= 4 is 17.5 Å². The van der Waals surface area contributed by atoms with E-state index < -0.39 is 0 Å². The molecule has 1 saturated heterocycles. The summed E-state index contributed by atoms with van der Waals surface area (Å²) in [5, 5.41) is 0.616. The topological polar surface area (TPSA) is 57.2 Å². The summed E-state index contributed by atoms with van der Waals surface area (Å²) < 4.78 is 23.1. The van der Waals surface area contributed by atoms with Gasteiger partial charge in [-0.2, -0.15) is 0 Å². The number of amides is 1. The van der Waals surface area contributed by atoms with E-state index in [0.29, 0.717) is 48.6 Å². The minimum atomic E-state index is -0.279. The van der Waals surface area contributed by atoms with Crippen molar-refractivity contribution in [3.8, 4) is 28.4 Å². The minimum Gasteiger partial charge on any atom is -0.496 e. The van der Waals surface area contributed by atoms with E-state index in [4.69, 9.17) is 30.5 Å². The molecule has 0 spiro atoms. The van der Waals surface area contributed by atoms with Gasteiger partial charge in [-0.3, -0.25) is 4.79 Å². The number of fused-ring (bicyclic) bond motifs is 1. The number of benzene rings is 2. The maximum absolute atomic E-state index is 13.4. The van der Waals surface area contributed by atoms with Gasteiger partial charge >= 0.3 is 0 Å². The van der Waals surface area contributed by atoms with Crippen molar-refractivity contribution < 1.29 is 23.7 Å². The van der Waals surface area contributed by atoms with Crippen molar-refractivity contribution in [2.24, 2.45) is 5.92 Å². The standard InChI is InChI=1S/C25H30ClNO5/c1-25(2)14-16(7-9-32-25)24(28)27-8-10-31-23-18(15-27)11-17(12-22(23)30-4)20-13-19(26)5-6-21(20)29-3/h5-6,11-13,16H,7-10,14-15H2,1-4H3/t16-/m1/s1. The average molecular weight is 460 g/mol. The lowest BCUT2D eigenvalue weighted by Gasteiger charge is -2.36. The van der Waals surface area contributed by atoms with Crippen LogP contribution < -0.4 is 14.2 Å². The number of carbonyl (C=O) groups is 1. The third kappa shape index (κ3) is 4.66. The molecule has 0 N–H and O–H groups in total. The first-order chi connectivity index (χ1) is 15.3. The van der Waals surface area contributed by atoms with Gasteiger partial charge in [0.2, 0.25) is 5.91 Å². The predicted octanol–water partition coefficient (Wildman–Crippen LogP) is 4.95. The molecule has 1 atom stereocenters. The van der Waals surface area contributed by atoms with Crippen LogP contribution in [0.15, 0.2) is 30.3 Å². The van der Waals surface area contributed by atoms with Gasteiger partial charge in [-0.1, -0.05) is 11.6 Å². The van der Waals surface area contributed by atoms with Gasteiger partial charge in [-0.15, -0.1) is 0 Å². The molecule has 1 amide bonds. The fourth-order valence-electron chi connectivity index (χ4n) is 4.59. The molecular weight excluding hydrogens is 430 g/mol. The van der Waals surface area contributed by atoms with Gasteiger partial charge in [0.15, 0.2) is 11.5 Å². The molecule has 0 bridgehead atoms. The fraction of sp³-hybridized carbons (Fsp3) is 0.480. The van der Waals surface area contributed by atoms with Crippen LogP contribution in [-0.4, -0.2) is 50.4 Å². The lowest BCUT2D eigenvalue weighted by atomic mass is 9.87. The van der Waals surface area contributed by atoms with Crippen LogP contribution in [0, 0.1) is 5.92 Å². The molecule has 2 aliphatic rings. The van der Waals surface area contributed by atoms with Crippen LogP contribution in [0.4, 0.5) is 0 Å². The summed E-state index contributed by atoms with van der Waals surface area (Å²) in [7, 11) is 3.25. The number of carbonyl (C=O) groups excluding carboxylic acids is 1. The molecule has 2 aromatic carbocycles. The molecular formula is C25H30ClNO5. The minimum absolute atomic E-state index is 0.0431. The second kappa shape index (κ2) is 9.20. The average Bonchev–Trinajstić information content (AvgIpc) is 2.99. The fourth-order valence-corrected chi connectivity index (χ4v) is 4.76. The van der Waals surface area contributed by atoms with Crippen LogP contribution in [0.2, 0.25) is 5.02 Å². The van der Waals surface area contributed by atoms with Gasteiger partial charge in [0.1, 0.15) is 12.4 Å². The highest BCUT2D eigenvalue weighted by molar-refractivity contribution is 6.31. The van der Waals surface area contributed by atoms with Crippen LogP contribution in [0.25, 0.3) is 11.1 Å². The van der Waals surface area contributed by atoms with Crippen LogP contribution in [0.1, 0.15) is 32.3 Å². The largest absolute Gasteiger partial charge is 0.496 e. The van der Waals surface area contributed by atoms with Gasteiger partial charge in [-0.05, 0) is 62.6 Å². The SMILES string of the molecule is COc1ccc(Cl)cc1-c1cc2c(c(OC)c1)OCCN(C(=O)[C@@H]1CCOC(C)(C)C1)C2. The molecule has 0 radical (unpaired) electrons. The quantitative estimate of drug-likeness (QED) is 0.647. The van der Waals surface area contributed by atoms with Crippen molar-refractivity contribution in [2.45, 2.75) is 38.8 Å². The molecule has 0 saturated carbocycles. The first-order valence-electron chi connectivity index (χ1n) is 10.9. The highest BCUT2D eigenvalue weighted by Crippen LogP contribution is 2.42. The highest BCUT2D eigenvalue weighted by Gasteiger charge is 2.36. The highest BCUT2D eigenvalue weighted by atomic mass is 35.5. The van der Waals surface area contributed by atoms with E-state index in [1.54, 1.807) is 20.3 Å². The van der Waals surface area contributed by atoms with Crippen molar-refractivity contribution in [2.75, 3.05) is 34.0 Å². The van der Waals surface area contributed by atoms with Crippen LogP contribution in [-0.2, 0) is 16.1 Å². The molecule has 2 aromatic rings. The molecule has 2 aliphatic heterocycles. The predicted molar refractivity (Wildman–Crippen MR) is 124 cm³/mol. The Morgan fingerprint density at radius 1 is 1.12 bits per heavy atom. The Hall–Kier alpha value is -2.44. The van der Waals surface area contributed by atoms with Crippen molar-refractivity contribution in [3.05, 3.63) is 40.9 Å². The first kappa shape index (κ1) is 22.7. The molecule has 1 fully saturated rings. The van der Waals surface area contributed by atoms with E-state index in [0.717, 1.165) is 29.5 Å². The van der Waals surface area contributed by atoms with E-state index >= 15 is 0 Å². The van der Waals surface area contributed by atoms with Gasteiger partial charge in [0.25, 0.3) is 0 Å². The van der Waals surface area contributed by atoms with Crippen molar-refractivity contribution in [1.29, 1.82) is 0 Å². The van der Waals surface area contributed by atoms with E-state index in [9.17, 15) is 4.79 Å². The molecule has 172 valence electrons. The number of methoxy groups -OCH3 is 2. The summed E-state index contributed by atoms with van der Waals surface area (Å²) in [4.78, 5) is 15.3. The van der Waals surface area contributed by atoms with Crippen LogP contribution >= 0.6 is 11.6 Å². The van der Waals surface area contributed by atoms with Gasteiger partial charge in [0, 0.05) is 35.2 Å². The van der Waals surface area contributed by atoms with Crippen molar-refractivity contribution in [1.82, 2.24) is 4.90 Å². The molecule has 0 aliphatic carbocycles. The smallest absolute Gasteiger partial charge is 0.226 e. The maximum atomic E-state index is 13.4. The number of halogens is 1. The Kier molecular flexibility index (Phi) is 6.54. The molecule has 7 heteroatoms. The zero-order valence-electron chi connectivity index (χ0n) is 19.1. The Labute approximate surface area is 194 Å². The van der Waals surface area contributed by atoms with Crippen LogP contribution in [0.3, 0.4) is 0 Å². The summed E-state index contributed by atoms with van der Waals surface area (Å²) in [5.74, 6) is 2.13. The monoisotopic (exact) mass is 459 g/mol. The zero-order chi connectivity index (χ0) is 22.9. The number of nitrogens with zero attached hydrogens (tertiary/aromatic N) is 1. The van der Waals surface area contributed by atoms with E-state index in [2.05, 4.69) is 0 Å². The zero-order valence-corrected chi connectivity index (χ0v) is 19.8. The van der Waals surface area contributed by atoms with E-state index in [-0.39, 0.29) is 17.4 Å². The lowest BCUT2D eigenvalue weighted by molar-refractivity contribution is -0.146. The third-order valence-electron chi connectivity index (χ3n) is 6.15. The Balaban J connectivity index is 1.68. The van der Waals surface area contributed by atoms with E-state index in [1.165, 1.54) is 0 Å². The summed E-state index contributed by atoms with van der Waals surface area (Å²) >= 11 is 6.27. The second-order valence-electron chi connectivity index (χ2n) is 8.92. The maximum Gasteiger partial charge on any atom is 0.226 e. The van der Waals surface area contributed by atoms with Gasteiger partial charge < -0.3 is 23.8 Å². The Morgan fingerprint density at radius 2 is 1.91 bits per heavy atom. The number of ether oxygens (including phenoxy) is 4. The van der Waals surface area contributed by atoms with Crippen molar-refractivity contribution in [3.63, 3.8) is 0 Å². The Bertz CT molecular complexity index is 1010. The molecule has 0 aromatic heterocycles. The van der Waals surface area contributed by atoms with Crippen LogP contribution in [0.5, 0.6) is 17.2 Å². The summed E-state index contributed by atoms with van der Waals surface area (Å²) in [6, 6.07) is 9.46. The summed E-state index contributed by atoms with van der Waals surface area (Å²) in [6.45, 7) is 6.10. The molecule has 2 heterocycles. The van der Waals surface area contributed by atoms with Gasteiger partial charge in [-0.25, -0.2) is 0 Å². The lowest BCUT2D eigenvalue weighted by Crippen LogP contribution is -2.43. The second-order valence-corrected chi connectivity index (χ2v) is 9.35. The number of hydrogen-bond donors (Lipinski definition) is 0.